The Bertz CT molecular complexity index is 719. The highest BCUT2D eigenvalue weighted by Crippen LogP contribution is 2.19. The molecule has 1 amide bonds. The van der Waals surface area contributed by atoms with E-state index in [4.69, 9.17) is 9.47 Å². The standard InChI is InChI=1S/C18H25N5O3.ClH/c1-25-10-3-11-26-16-5-2-4-14(12-16)20-18(24)17-13-23(22-21-17)15-6-8-19-9-7-15;/h2,4-5,12-13,15,19H,3,6-11H2,1H3,(H,20,24);1H. The van der Waals surface area contributed by atoms with Gasteiger partial charge in [-0.15, -0.1) is 17.5 Å². The Morgan fingerprint density at radius 1 is 1.33 bits per heavy atom. The average Bonchev–Trinajstić information content (AvgIpc) is 3.17. The van der Waals surface area contributed by atoms with Gasteiger partial charge in [0.25, 0.3) is 5.91 Å². The molecule has 0 saturated carbocycles. The second kappa shape index (κ2) is 10.9. The topological polar surface area (TPSA) is 90.3 Å². The van der Waals surface area contributed by atoms with Crippen molar-refractivity contribution in [2.75, 3.05) is 38.7 Å². The molecule has 1 aliphatic rings. The first-order valence-electron chi connectivity index (χ1n) is 8.92. The van der Waals surface area contributed by atoms with Gasteiger partial charge < -0.3 is 20.1 Å². The maximum absolute atomic E-state index is 12.4. The summed E-state index contributed by atoms with van der Waals surface area (Å²) in [6.45, 7) is 3.14. The van der Waals surface area contributed by atoms with Gasteiger partial charge in [0.1, 0.15) is 5.75 Å². The first-order chi connectivity index (χ1) is 12.8. The van der Waals surface area contributed by atoms with Crippen LogP contribution < -0.4 is 15.4 Å². The number of nitrogens with zero attached hydrogens (tertiary/aromatic N) is 3. The number of aromatic nitrogens is 3. The number of amides is 1. The summed E-state index contributed by atoms with van der Waals surface area (Å²) in [7, 11) is 1.66. The largest absolute Gasteiger partial charge is 0.493 e. The molecule has 2 aromatic rings. The molecule has 1 aromatic carbocycles. The van der Waals surface area contributed by atoms with Gasteiger partial charge >= 0.3 is 0 Å². The van der Waals surface area contributed by atoms with Crippen LogP contribution in [-0.4, -0.2) is 54.3 Å². The molecule has 0 bridgehead atoms. The number of nitrogens with one attached hydrogen (secondary N) is 2. The van der Waals surface area contributed by atoms with E-state index >= 15 is 0 Å². The lowest BCUT2D eigenvalue weighted by molar-refractivity contribution is 0.102. The molecule has 1 fully saturated rings. The van der Waals surface area contributed by atoms with Crippen LogP contribution >= 0.6 is 12.4 Å². The molecular formula is C18H26ClN5O3. The lowest BCUT2D eigenvalue weighted by Crippen LogP contribution is -2.29. The molecule has 2 heterocycles. The fourth-order valence-electron chi connectivity index (χ4n) is 2.88. The van der Waals surface area contributed by atoms with Gasteiger partial charge in [-0.2, -0.15) is 0 Å². The summed E-state index contributed by atoms with van der Waals surface area (Å²) in [5.41, 5.74) is 0.977. The van der Waals surface area contributed by atoms with Crippen molar-refractivity contribution in [2.24, 2.45) is 0 Å². The molecular weight excluding hydrogens is 370 g/mol. The second-order valence-electron chi connectivity index (χ2n) is 6.24. The zero-order valence-corrected chi connectivity index (χ0v) is 16.2. The molecule has 3 rings (SSSR count). The number of ether oxygens (including phenoxy) is 2. The number of carbonyl (C=O) groups excluding carboxylic acids is 1. The van der Waals surface area contributed by atoms with Crippen LogP contribution in [-0.2, 0) is 4.74 Å². The van der Waals surface area contributed by atoms with E-state index in [2.05, 4.69) is 20.9 Å². The van der Waals surface area contributed by atoms with Gasteiger partial charge in [0.2, 0.25) is 0 Å². The van der Waals surface area contributed by atoms with Gasteiger partial charge in [-0.3, -0.25) is 4.79 Å². The van der Waals surface area contributed by atoms with Crippen molar-refractivity contribution in [1.29, 1.82) is 0 Å². The molecule has 2 N–H and O–H groups in total. The molecule has 0 radical (unpaired) electrons. The van der Waals surface area contributed by atoms with Crippen LogP contribution in [0.15, 0.2) is 30.5 Å². The molecule has 0 spiro atoms. The fraction of sp³-hybridized carbons (Fsp3) is 0.500. The van der Waals surface area contributed by atoms with E-state index in [0.717, 1.165) is 32.4 Å². The third kappa shape index (κ3) is 6.20. The third-order valence-electron chi connectivity index (χ3n) is 4.28. The smallest absolute Gasteiger partial charge is 0.277 e. The minimum absolute atomic E-state index is 0. The predicted molar refractivity (Wildman–Crippen MR) is 105 cm³/mol. The van der Waals surface area contributed by atoms with Gasteiger partial charge in [-0.1, -0.05) is 11.3 Å². The molecule has 1 aliphatic heterocycles. The van der Waals surface area contributed by atoms with Crippen LogP contribution in [0, 0.1) is 0 Å². The van der Waals surface area contributed by atoms with Crippen LogP contribution in [0.3, 0.4) is 0 Å². The zero-order chi connectivity index (χ0) is 18.2. The van der Waals surface area contributed by atoms with E-state index in [-0.39, 0.29) is 18.3 Å². The molecule has 8 nitrogen and oxygen atoms in total. The Morgan fingerprint density at radius 3 is 2.93 bits per heavy atom. The van der Waals surface area contributed by atoms with Crippen molar-refractivity contribution in [2.45, 2.75) is 25.3 Å². The molecule has 1 aromatic heterocycles. The Morgan fingerprint density at radius 2 is 2.15 bits per heavy atom. The van der Waals surface area contributed by atoms with Crippen molar-refractivity contribution in [3.8, 4) is 5.75 Å². The number of rotatable bonds is 8. The minimum atomic E-state index is -0.276. The Balaban J connectivity index is 0.00000261. The van der Waals surface area contributed by atoms with Gasteiger partial charge in [-0.05, 0) is 38.1 Å². The number of halogens is 1. The summed E-state index contributed by atoms with van der Waals surface area (Å²) < 4.78 is 12.4. The zero-order valence-electron chi connectivity index (χ0n) is 15.4. The molecule has 0 unspecified atom stereocenters. The summed E-state index contributed by atoms with van der Waals surface area (Å²) in [4.78, 5) is 12.4. The Hall–Kier alpha value is -2.16. The predicted octanol–water partition coefficient (Wildman–Crippen LogP) is 2.29. The molecule has 0 atom stereocenters. The van der Waals surface area contributed by atoms with Crippen LogP contribution in [0.25, 0.3) is 0 Å². The summed E-state index contributed by atoms with van der Waals surface area (Å²) >= 11 is 0. The molecule has 9 heteroatoms. The molecule has 1 saturated heterocycles. The van der Waals surface area contributed by atoms with E-state index in [0.29, 0.717) is 36.4 Å². The van der Waals surface area contributed by atoms with Crippen molar-refractivity contribution in [3.63, 3.8) is 0 Å². The van der Waals surface area contributed by atoms with Crippen LogP contribution in [0.4, 0.5) is 5.69 Å². The molecule has 0 aliphatic carbocycles. The van der Waals surface area contributed by atoms with Crippen molar-refractivity contribution in [1.82, 2.24) is 20.3 Å². The van der Waals surface area contributed by atoms with E-state index in [9.17, 15) is 4.79 Å². The van der Waals surface area contributed by atoms with E-state index in [1.165, 1.54) is 0 Å². The first-order valence-corrected chi connectivity index (χ1v) is 8.92. The Labute approximate surface area is 165 Å². The number of anilines is 1. The van der Waals surface area contributed by atoms with E-state index in [1.807, 2.05) is 18.2 Å². The fourth-order valence-corrected chi connectivity index (χ4v) is 2.88. The quantitative estimate of drug-likeness (QED) is 0.666. The third-order valence-corrected chi connectivity index (χ3v) is 4.28. The van der Waals surface area contributed by atoms with Crippen molar-refractivity contribution in [3.05, 3.63) is 36.2 Å². The second-order valence-corrected chi connectivity index (χ2v) is 6.24. The SMILES string of the molecule is COCCCOc1cccc(NC(=O)c2cn(C3CCNCC3)nn2)c1.Cl. The summed E-state index contributed by atoms with van der Waals surface area (Å²) in [6, 6.07) is 7.61. The monoisotopic (exact) mass is 395 g/mol. The highest BCUT2D eigenvalue weighted by Gasteiger charge is 2.18. The maximum Gasteiger partial charge on any atom is 0.277 e. The molecule has 148 valence electrons. The normalized spacial score (nSPS) is 14.4. The number of carbonyl (C=O) groups is 1. The minimum Gasteiger partial charge on any atom is -0.493 e. The first kappa shape index (κ1) is 21.1. The number of piperidine rings is 1. The van der Waals surface area contributed by atoms with Crippen molar-refractivity contribution >= 4 is 24.0 Å². The number of hydrogen-bond donors (Lipinski definition) is 2. The number of methoxy groups -OCH3 is 1. The van der Waals surface area contributed by atoms with Gasteiger partial charge in [0.05, 0.1) is 18.8 Å². The average molecular weight is 396 g/mol. The molecule has 27 heavy (non-hydrogen) atoms. The highest BCUT2D eigenvalue weighted by atomic mass is 35.5. The summed E-state index contributed by atoms with van der Waals surface area (Å²) in [5.74, 6) is 0.430. The number of hydrogen-bond acceptors (Lipinski definition) is 6. The summed E-state index contributed by atoms with van der Waals surface area (Å²) in [6.07, 6.45) is 4.52. The van der Waals surface area contributed by atoms with E-state index in [1.54, 1.807) is 24.1 Å². The van der Waals surface area contributed by atoms with Crippen LogP contribution in [0.5, 0.6) is 5.75 Å². The van der Waals surface area contributed by atoms with Gasteiger partial charge in [-0.25, -0.2) is 4.68 Å². The van der Waals surface area contributed by atoms with Gasteiger partial charge in [0, 0.05) is 31.9 Å². The number of benzene rings is 1. The Kier molecular flexibility index (Phi) is 8.50. The van der Waals surface area contributed by atoms with Crippen LogP contribution in [0.1, 0.15) is 35.8 Å². The lowest BCUT2D eigenvalue weighted by atomic mass is 10.1. The highest BCUT2D eigenvalue weighted by molar-refractivity contribution is 6.02. The maximum atomic E-state index is 12.4. The summed E-state index contributed by atoms with van der Waals surface area (Å²) in [5, 5.41) is 14.3. The van der Waals surface area contributed by atoms with Gasteiger partial charge in [0.15, 0.2) is 5.69 Å². The van der Waals surface area contributed by atoms with Crippen molar-refractivity contribution < 1.29 is 14.3 Å². The van der Waals surface area contributed by atoms with Crippen LogP contribution in [0.2, 0.25) is 0 Å². The lowest BCUT2D eigenvalue weighted by Gasteiger charge is -2.22. The van der Waals surface area contributed by atoms with E-state index < -0.39 is 0 Å².